The van der Waals surface area contributed by atoms with Gasteiger partial charge in [0.2, 0.25) is 0 Å². The summed E-state index contributed by atoms with van der Waals surface area (Å²) < 4.78 is 22.4. The van der Waals surface area contributed by atoms with Crippen molar-refractivity contribution in [2.45, 2.75) is 6.61 Å². The molecule has 3 aromatic carbocycles. The summed E-state index contributed by atoms with van der Waals surface area (Å²) in [6.45, 7) is 0.208. The summed E-state index contributed by atoms with van der Waals surface area (Å²) >= 11 is 21.6. The predicted octanol–water partition coefficient (Wildman–Crippen LogP) is 7.56. The van der Waals surface area contributed by atoms with Gasteiger partial charge >= 0.3 is 0 Å². The number of hydrogen-bond acceptors (Lipinski definition) is 6. The van der Waals surface area contributed by atoms with Crippen molar-refractivity contribution in [1.82, 2.24) is 0 Å². The predicted molar refractivity (Wildman–Crippen MR) is 148 cm³/mol. The van der Waals surface area contributed by atoms with Crippen LogP contribution in [0, 0.1) is 11.3 Å². The Labute approximate surface area is 237 Å². The molecule has 0 saturated carbocycles. The van der Waals surface area contributed by atoms with Crippen LogP contribution in [0.4, 0.5) is 5.69 Å². The fourth-order valence-electron chi connectivity index (χ4n) is 3.21. The minimum atomic E-state index is -0.653. The molecule has 0 fully saturated rings. The molecule has 7 nitrogen and oxygen atoms in total. The zero-order valence-corrected chi connectivity index (χ0v) is 23.7. The van der Waals surface area contributed by atoms with Gasteiger partial charge < -0.3 is 24.3 Å². The number of nitriles is 1. The zero-order valence-electron chi connectivity index (χ0n) is 19.8. The third kappa shape index (κ3) is 7.02. The van der Waals surface area contributed by atoms with E-state index in [1.807, 2.05) is 6.07 Å². The number of rotatable bonds is 9. The van der Waals surface area contributed by atoms with Gasteiger partial charge in [0.25, 0.3) is 5.91 Å². The molecule has 0 atom stereocenters. The van der Waals surface area contributed by atoms with Gasteiger partial charge in [-0.3, -0.25) is 4.79 Å². The molecule has 0 unspecified atom stereocenters. The Balaban J connectivity index is 1.86. The SMILES string of the molecule is COc1cc(NC(=O)/C(C#N)=C/c2cc(Br)c(OCc3ccc(Cl)c(Cl)c3)c(OC)c2)c(OC)cc1Cl. The summed E-state index contributed by atoms with van der Waals surface area (Å²) in [5.74, 6) is 0.823. The zero-order chi connectivity index (χ0) is 27.1. The van der Waals surface area contributed by atoms with Crippen LogP contribution in [-0.2, 0) is 11.4 Å². The fourth-order valence-corrected chi connectivity index (χ4v) is 4.34. The van der Waals surface area contributed by atoms with Crippen molar-refractivity contribution < 1.29 is 23.7 Å². The third-order valence-corrected chi connectivity index (χ3v) is 6.64. The van der Waals surface area contributed by atoms with E-state index in [1.54, 1.807) is 30.3 Å². The molecular weight excluding hydrogens is 607 g/mol. The first kappa shape index (κ1) is 28.5. The van der Waals surface area contributed by atoms with Crippen molar-refractivity contribution in [1.29, 1.82) is 5.26 Å². The molecule has 0 aromatic heterocycles. The maximum atomic E-state index is 12.9. The molecule has 1 amide bonds. The number of nitrogens with one attached hydrogen (secondary N) is 1. The molecule has 0 aliphatic rings. The minimum Gasteiger partial charge on any atom is -0.495 e. The van der Waals surface area contributed by atoms with E-state index in [2.05, 4.69) is 21.2 Å². The van der Waals surface area contributed by atoms with Crippen molar-refractivity contribution in [2.75, 3.05) is 26.6 Å². The highest BCUT2D eigenvalue weighted by atomic mass is 79.9. The van der Waals surface area contributed by atoms with E-state index in [-0.39, 0.29) is 12.2 Å². The number of ether oxygens (including phenoxy) is 4. The Morgan fingerprint density at radius 2 is 1.65 bits per heavy atom. The molecule has 37 heavy (non-hydrogen) atoms. The summed E-state index contributed by atoms with van der Waals surface area (Å²) in [6.07, 6.45) is 1.42. The first-order valence-corrected chi connectivity index (χ1v) is 12.4. The van der Waals surface area contributed by atoms with Gasteiger partial charge in [-0.25, -0.2) is 0 Å². The highest BCUT2D eigenvalue weighted by Gasteiger charge is 2.17. The van der Waals surface area contributed by atoms with Crippen molar-refractivity contribution in [3.05, 3.63) is 78.7 Å². The van der Waals surface area contributed by atoms with Crippen LogP contribution in [0.5, 0.6) is 23.0 Å². The summed E-state index contributed by atoms with van der Waals surface area (Å²) in [7, 11) is 4.37. The van der Waals surface area contributed by atoms with Gasteiger partial charge in [0.1, 0.15) is 29.7 Å². The smallest absolute Gasteiger partial charge is 0.266 e. The van der Waals surface area contributed by atoms with Gasteiger partial charge in [0.05, 0.1) is 46.6 Å². The topological polar surface area (TPSA) is 89.8 Å². The highest BCUT2D eigenvalue weighted by molar-refractivity contribution is 9.10. The Morgan fingerprint density at radius 3 is 2.27 bits per heavy atom. The summed E-state index contributed by atoms with van der Waals surface area (Å²) in [5.41, 5.74) is 1.47. The van der Waals surface area contributed by atoms with E-state index >= 15 is 0 Å². The third-order valence-electron chi connectivity index (χ3n) is 5.02. The summed E-state index contributed by atoms with van der Waals surface area (Å²) in [5, 5.41) is 13.5. The second-order valence-electron chi connectivity index (χ2n) is 7.38. The molecule has 3 aromatic rings. The van der Waals surface area contributed by atoms with Crippen LogP contribution in [0.2, 0.25) is 15.1 Å². The fraction of sp³-hybridized carbons (Fsp3) is 0.154. The average Bonchev–Trinajstić information content (AvgIpc) is 2.88. The molecular formula is C26H20BrCl3N2O5. The van der Waals surface area contributed by atoms with Crippen molar-refractivity contribution in [3.63, 3.8) is 0 Å². The lowest BCUT2D eigenvalue weighted by Crippen LogP contribution is -2.14. The van der Waals surface area contributed by atoms with Gasteiger partial charge in [-0.15, -0.1) is 0 Å². The van der Waals surface area contributed by atoms with E-state index in [1.165, 1.54) is 39.5 Å². The van der Waals surface area contributed by atoms with Gasteiger partial charge in [-0.1, -0.05) is 40.9 Å². The number of amides is 1. The molecule has 0 radical (unpaired) electrons. The largest absolute Gasteiger partial charge is 0.495 e. The molecule has 192 valence electrons. The normalized spacial score (nSPS) is 10.9. The minimum absolute atomic E-state index is 0.158. The van der Waals surface area contributed by atoms with Crippen LogP contribution < -0.4 is 24.3 Å². The lowest BCUT2D eigenvalue weighted by atomic mass is 10.1. The van der Waals surface area contributed by atoms with E-state index in [4.69, 9.17) is 53.8 Å². The van der Waals surface area contributed by atoms with Gasteiger partial charge in [0, 0.05) is 12.1 Å². The lowest BCUT2D eigenvalue weighted by Gasteiger charge is -2.14. The second kappa shape index (κ2) is 12.9. The number of nitrogens with zero attached hydrogens (tertiary/aromatic N) is 1. The summed E-state index contributed by atoms with van der Waals surface area (Å²) in [6, 6.07) is 13.5. The number of halogens is 4. The molecule has 11 heteroatoms. The molecule has 0 heterocycles. The molecule has 0 bridgehead atoms. The maximum absolute atomic E-state index is 12.9. The van der Waals surface area contributed by atoms with Crippen LogP contribution in [0.1, 0.15) is 11.1 Å². The maximum Gasteiger partial charge on any atom is 0.266 e. The Morgan fingerprint density at radius 1 is 0.946 bits per heavy atom. The van der Waals surface area contributed by atoms with E-state index in [9.17, 15) is 10.1 Å². The van der Waals surface area contributed by atoms with Crippen LogP contribution >= 0.6 is 50.7 Å². The summed E-state index contributed by atoms with van der Waals surface area (Å²) in [4.78, 5) is 12.9. The number of methoxy groups -OCH3 is 3. The molecule has 0 saturated heterocycles. The average molecular weight is 627 g/mol. The van der Waals surface area contributed by atoms with E-state index in [0.29, 0.717) is 53.8 Å². The number of anilines is 1. The quantitative estimate of drug-likeness (QED) is 0.195. The van der Waals surface area contributed by atoms with Gasteiger partial charge in [-0.2, -0.15) is 5.26 Å². The van der Waals surface area contributed by atoms with Crippen molar-refractivity contribution in [2.24, 2.45) is 0 Å². The first-order chi connectivity index (χ1) is 17.7. The number of hydrogen-bond donors (Lipinski definition) is 1. The van der Waals surface area contributed by atoms with E-state index < -0.39 is 5.91 Å². The molecule has 1 N–H and O–H groups in total. The Bertz CT molecular complexity index is 1410. The number of carbonyl (C=O) groups excluding carboxylic acids is 1. The highest BCUT2D eigenvalue weighted by Crippen LogP contribution is 2.39. The molecule has 0 aliphatic carbocycles. The number of carbonyl (C=O) groups is 1. The lowest BCUT2D eigenvalue weighted by molar-refractivity contribution is -0.112. The molecule has 0 spiro atoms. The van der Waals surface area contributed by atoms with Crippen molar-refractivity contribution in [3.8, 4) is 29.1 Å². The molecule has 0 aliphatic heterocycles. The molecule has 3 rings (SSSR count). The van der Waals surface area contributed by atoms with E-state index in [0.717, 1.165) is 5.56 Å². The Hall–Kier alpha value is -3.09. The monoisotopic (exact) mass is 624 g/mol. The van der Waals surface area contributed by atoms with Crippen LogP contribution in [0.15, 0.2) is 52.5 Å². The van der Waals surface area contributed by atoms with Gasteiger partial charge in [-0.05, 0) is 57.4 Å². The second-order valence-corrected chi connectivity index (χ2v) is 9.46. The standard InChI is InChI=1S/C26H20BrCl3N2O5/c1-34-22-11-21(23(35-2)10-20(22)30)32-26(33)16(12-31)6-15-7-17(27)25(24(9-15)36-3)37-13-14-4-5-18(28)19(29)8-14/h4-11H,13H2,1-3H3,(H,32,33)/b16-6+. The van der Waals surface area contributed by atoms with Crippen molar-refractivity contribution >= 4 is 68.4 Å². The van der Waals surface area contributed by atoms with Crippen LogP contribution in [0.25, 0.3) is 6.08 Å². The van der Waals surface area contributed by atoms with Crippen LogP contribution in [-0.4, -0.2) is 27.2 Å². The van der Waals surface area contributed by atoms with Crippen LogP contribution in [0.3, 0.4) is 0 Å². The van der Waals surface area contributed by atoms with Gasteiger partial charge in [0.15, 0.2) is 11.5 Å². The first-order valence-electron chi connectivity index (χ1n) is 10.5. The number of benzene rings is 3. The Kier molecular flexibility index (Phi) is 9.95.